The minimum Gasteiger partial charge on any atom is -0.309 e. The van der Waals surface area contributed by atoms with Gasteiger partial charge in [-0.3, -0.25) is 0 Å². The summed E-state index contributed by atoms with van der Waals surface area (Å²) in [5, 5.41) is 5.24. The Morgan fingerprint density at radius 3 is 1.61 bits per heavy atom. The van der Waals surface area contributed by atoms with Gasteiger partial charge in [-0.15, -0.1) is 0 Å². The summed E-state index contributed by atoms with van der Waals surface area (Å²) >= 11 is 0. The molecule has 1 aliphatic rings. The van der Waals surface area contributed by atoms with E-state index in [1.807, 2.05) is 0 Å². The third-order valence-corrected chi connectivity index (χ3v) is 12.1. The topological polar surface area (TPSA) is 3.24 Å². The summed E-state index contributed by atoms with van der Waals surface area (Å²) in [4.78, 5) is 2.49. The van der Waals surface area contributed by atoms with Crippen LogP contribution in [0.3, 0.4) is 0 Å². The SMILES string of the molecule is c1ccc(-c2ccc(-c3ccccc3N(c3ccc(-c4cccc5ccccc45)cc3)c3ccccc3-c3cccc4cccc(C5CCCCC5)c34)cc2)cc1. The molecular formula is C56H45N. The molecule has 0 spiro atoms. The van der Waals surface area contributed by atoms with Gasteiger partial charge in [0.1, 0.15) is 0 Å². The molecule has 0 bridgehead atoms. The molecule has 0 saturated heterocycles. The Morgan fingerprint density at radius 1 is 0.333 bits per heavy atom. The van der Waals surface area contributed by atoms with Gasteiger partial charge in [-0.05, 0) is 104 Å². The van der Waals surface area contributed by atoms with Crippen molar-refractivity contribution in [3.05, 3.63) is 212 Å². The van der Waals surface area contributed by atoms with Gasteiger partial charge in [-0.25, -0.2) is 0 Å². The lowest BCUT2D eigenvalue weighted by Gasteiger charge is -2.31. The van der Waals surface area contributed by atoms with E-state index in [9.17, 15) is 0 Å². The molecule has 9 aromatic carbocycles. The van der Waals surface area contributed by atoms with Crippen molar-refractivity contribution >= 4 is 38.6 Å². The van der Waals surface area contributed by atoms with Gasteiger partial charge < -0.3 is 4.90 Å². The number of anilines is 3. The molecule has 274 valence electrons. The number of para-hydroxylation sites is 2. The average Bonchev–Trinajstić information content (AvgIpc) is 3.30. The van der Waals surface area contributed by atoms with Crippen LogP contribution in [-0.2, 0) is 0 Å². The third-order valence-electron chi connectivity index (χ3n) is 12.1. The predicted octanol–water partition coefficient (Wildman–Crippen LogP) is 16.2. The number of rotatable bonds is 8. The Labute approximate surface area is 336 Å². The third kappa shape index (κ3) is 6.70. The van der Waals surface area contributed by atoms with Crippen molar-refractivity contribution in [1.82, 2.24) is 0 Å². The smallest absolute Gasteiger partial charge is 0.0540 e. The molecule has 1 nitrogen and oxygen atoms in total. The number of hydrogen-bond donors (Lipinski definition) is 0. The minimum absolute atomic E-state index is 0.591. The Morgan fingerprint density at radius 2 is 0.842 bits per heavy atom. The molecule has 1 aliphatic carbocycles. The highest BCUT2D eigenvalue weighted by atomic mass is 15.1. The molecule has 1 heteroatoms. The molecular weight excluding hydrogens is 687 g/mol. The van der Waals surface area contributed by atoms with Crippen molar-refractivity contribution in [2.75, 3.05) is 4.90 Å². The van der Waals surface area contributed by atoms with Gasteiger partial charge >= 0.3 is 0 Å². The van der Waals surface area contributed by atoms with E-state index in [2.05, 4.69) is 211 Å². The van der Waals surface area contributed by atoms with Gasteiger partial charge in [0.05, 0.1) is 11.4 Å². The predicted molar refractivity (Wildman–Crippen MR) is 244 cm³/mol. The summed E-state index contributed by atoms with van der Waals surface area (Å²) in [6, 6.07) is 76.0. The molecule has 1 fully saturated rings. The monoisotopic (exact) mass is 731 g/mol. The van der Waals surface area contributed by atoms with E-state index >= 15 is 0 Å². The first-order valence-electron chi connectivity index (χ1n) is 20.5. The minimum atomic E-state index is 0.591. The molecule has 0 aromatic heterocycles. The van der Waals surface area contributed by atoms with E-state index in [4.69, 9.17) is 0 Å². The first-order chi connectivity index (χ1) is 28.3. The highest BCUT2D eigenvalue weighted by Gasteiger charge is 2.24. The van der Waals surface area contributed by atoms with E-state index in [-0.39, 0.29) is 0 Å². The standard InChI is InChI=1S/C56H45N/c1-3-16-40(17-4-1)41-32-34-45(35-33-41)50-25-9-11-30-54(50)57(47-38-36-44(37-39-47)49-27-13-21-42-20-7-8-24-48(42)49)55-31-12-10-26-52(55)53-29-15-23-46-22-14-28-51(56(46)53)43-18-5-2-6-19-43/h1,3-4,7-17,20-39,43H,2,5-6,18-19H2. The van der Waals surface area contributed by atoms with Crippen LogP contribution in [0.2, 0.25) is 0 Å². The molecule has 0 N–H and O–H groups in total. The summed E-state index contributed by atoms with van der Waals surface area (Å²) in [7, 11) is 0. The Balaban J connectivity index is 1.16. The van der Waals surface area contributed by atoms with Crippen molar-refractivity contribution in [3.8, 4) is 44.5 Å². The Hall–Kier alpha value is -6.70. The van der Waals surface area contributed by atoms with E-state index < -0.39 is 0 Å². The fourth-order valence-electron chi connectivity index (χ4n) is 9.31. The fourth-order valence-corrected chi connectivity index (χ4v) is 9.31. The molecule has 1 saturated carbocycles. The van der Waals surface area contributed by atoms with E-state index in [0.717, 1.165) is 17.1 Å². The highest BCUT2D eigenvalue weighted by molar-refractivity contribution is 6.04. The van der Waals surface area contributed by atoms with E-state index in [1.165, 1.54) is 104 Å². The van der Waals surface area contributed by atoms with Crippen LogP contribution in [0.25, 0.3) is 66.1 Å². The van der Waals surface area contributed by atoms with Crippen molar-refractivity contribution in [2.45, 2.75) is 38.0 Å². The lowest BCUT2D eigenvalue weighted by atomic mass is 9.80. The molecule has 0 amide bonds. The van der Waals surface area contributed by atoms with Crippen LogP contribution < -0.4 is 4.90 Å². The van der Waals surface area contributed by atoms with Crippen molar-refractivity contribution in [3.63, 3.8) is 0 Å². The summed E-state index contributed by atoms with van der Waals surface area (Å²) in [5.74, 6) is 0.591. The van der Waals surface area contributed by atoms with Gasteiger partial charge in [0.15, 0.2) is 0 Å². The second-order valence-corrected chi connectivity index (χ2v) is 15.5. The number of nitrogens with zero attached hydrogens (tertiary/aromatic N) is 1. The second-order valence-electron chi connectivity index (χ2n) is 15.5. The van der Waals surface area contributed by atoms with Crippen molar-refractivity contribution in [1.29, 1.82) is 0 Å². The van der Waals surface area contributed by atoms with Crippen LogP contribution >= 0.6 is 0 Å². The van der Waals surface area contributed by atoms with Crippen LogP contribution in [0, 0.1) is 0 Å². The van der Waals surface area contributed by atoms with Crippen LogP contribution in [0.4, 0.5) is 17.1 Å². The normalized spacial score (nSPS) is 13.2. The highest BCUT2D eigenvalue weighted by Crippen LogP contribution is 2.48. The maximum absolute atomic E-state index is 2.49. The molecule has 0 aliphatic heterocycles. The van der Waals surface area contributed by atoms with Gasteiger partial charge in [0, 0.05) is 16.8 Å². The molecule has 57 heavy (non-hydrogen) atoms. The zero-order valence-electron chi connectivity index (χ0n) is 32.2. The largest absolute Gasteiger partial charge is 0.309 e. The van der Waals surface area contributed by atoms with Gasteiger partial charge in [0.25, 0.3) is 0 Å². The maximum atomic E-state index is 2.49. The number of benzene rings is 9. The Bertz CT molecular complexity index is 2800. The van der Waals surface area contributed by atoms with Crippen molar-refractivity contribution in [2.24, 2.45) is 0 Å². The molecule has 0 radical (unpaired) electrons. The van der Waals surface area contributed by atoms with Crippen LogP contribution in [0.1, 0.15) is 43.6 Å². The van der Waals surface area contributed by atoms with Gasteiger partial charge in [0.2, 0.25) is 0 Å². The summed E-state index contributed by atoms with van der Waals surface area (Å²) in [6.07, 6.45) is 6.50. The van der Waals surface area contributed by atoms with E-state index in [0.29, 0.717) is 5.92 Å². The molecule has 0 atom stereocenters. The molecule has 0 heterocycles. The zero-order chi connectivity index (χ0) is 38.0. The summed E-state index contributed by atoms with van der Waals surface area (Å²) in [6.45, 7) is 0. The first kappa shape index (κ1) is 34.8. The van der Waals surface area contributed by atoms with Gasteiger partial charge in [-0.1, -0.05) is 201 Å². The van der Waals surface area contributed by atoms with Crippen molar-refractivity contribution < 1.29 is 0 Å². The van der Waals surface area contributed by atoms with Crippen LogP contribution in [0.5, 0.6) is 0 Å². The van der Waals surface area contributed by atoms with Gasteiger partial charge in [-0.2, -0.15) is 0 Å². The van der Waals surface area contributed by atoms with Crippen LogP contribution in [0.15, 0.2) is 206 Å². The summed E-state index contributed by atoms with van der Waals surface area (Å²) in [5.41, 5.74) is 14.7. The summed E-state index contributed by atoms with van der Waals surface area (Å²) < 4.78 is 0. The first-order valence-corrected chi connectivity index (χ1v) is 20.5. The number of hydrogen-bond acceptors (Lipinski definition) is 1. The second kappa shape index (κ2) is 15.4. The molecule has 0 unspecified atom stereocenters. The molecule has 9 aromatic rings. The fraction of sp³-hybridized carbons (Fsp3) is 0.107. The lowest BCUT2D eigenvalue weighted by molar-refractivity contribution is 0.445. The van der Waals surface area contributed by atoms with Crippen LogP contribution in [-0.4, -0.2) is 0 Å². The number of fused-ring (bicyclic) bond motifs is 2. The Kier molecular flexibility index (Phi) is 9.42. The molecule has 10 rings (SSSR count). The quantitative estimate of drug-likeness (QED) is 0.150. The van der Waals surface area contributed by atoms with E-state index in [1.54, 1.807) is 0 Å². The average molecular weight is 732 g/mol. The zero-order valence-corrected chi connectivity index (χ0v) is 32.2. The lowest BCUT2D eigenvalue weighted by Crippen LogP contribution is -2.12. The maximum Gasteiger partial charge on any atom is 0.0540 e.